The van der Waals surface area contributed by atoms with Crippen molar-refractivity contribution in [2.45, 2.75) is 63.8 Å². The van der Waals surface area contributed by atoms with Gasteiger partial charge in [0.1, 0.15) is 0 Å². The number of hydrogen-bond donors (Lipinski definition) is 0. The molecule has 186 valence electrons. The number of pyridine rings is 1. The van der Waals surface area contributed by atoms with E-state index in [9.17, 15) is 0 Å². The number of rotatable bonds is 9. The maximum Gasteiger partial charge on any atom is 0.163 e. The lowest BCUT2D eigenvalue weighted by atomic mass is 9.86. The second-order valence-corrected chi connectivity index (χ2v) is 10.2. The highest BCUT2D eigenvalue weighted by Gasteiger charge is 2.29. The van der Waals surface area contributed by atoms with Gasteiger partial charge in [0.15, 0.2) is 11.5 Å². The highest BCUT2D eigenvalue weighted by atomic mass is 16.5. The minimum absolute atomic E-state index is 0.561. The molecule has 6 nitrogen and oxygen atoms in total. The minimum Gasteiger partial charge on any atom is -0.493 e. The zero-order chi connectivity index (χ0) is 23.3. The highest BCUT2D eigenvalue weighted by Crippen LogP contribution is 2.39. The Hall–Kier alpha value is -1.89. The Morgan fingerprint density at radius 1 is 1.03 bits per heavy atom. The number of benzene rings is 1. The number of likely N-dealkylation sites (tertiary alicyclic amines) is 2. The molecule has 6 heteroatoms. The zero-order valence-electron chi connectivity index (χ0n) is 21.1. The highest BCUT2D eigenvalue weighted by molar-refractivity contribution is 5.86. The first-order valence-electron chi connectivity index (χ1n) is 13.4. The third-order valence-electron chi connectivity index (χ3n) is 8.01. The number of hydrogen-bond acceptors (Lipinski definition) is 6. The second kappa shape index (κ2) is 11.2. The SMILES string of the molecule is CCc1cc(C2CCN(C3CCOC3)CC2)c2cc(OC)c(OCCCN3CCCC3)cc2n1. The van der Waals surface area contributed by atoms with Crippen molar-refractivity contribution in [3.8, 4) is 11.5 Å². The quantitative estimate of drug-likeness (QED) is 0.501. The van der Waals surface area contributed by atoms with Crippen LogP contribution < -0.4 is 9.47 Å². The summed E-state index contributed by atoms with van der Waals surface area (Å²) in [6, 6.07) is 7.24. The largest absolute Gasteiger partial charge is 0.493 e. The Labute approximate surface area is 204 Å². The Morgan fingerprint density at radius 3 is 2.56 bits per heavy atom. The van der Waals surface area contributed by atoms with Crippen molar-refractivity contribution in [3.05, 3.63) is 29.5 Å². The van der Waals surface area contributed by atoms with Crippen LogP contribution in [-0.2, 0) is 11.2 Å². The van der Waals surface area contributed by atoms with E-state index >= 15 is 0 Å². The van der Waals surface area contributed by atoms with E-state index in [1.807, 2.05) is 0 Å². The number of aryl methyl sites for hydroxylation is 1. The van der Waals surface area contributed by atoms with Crippen LogP contribution in [0.4, 0.5) is 0 Å². The van der Waals surface area contributed by atoms with Crippen molar-refractivity contribution in [3.63, 3.8) is 0 Å². The van der Waals surface area contributed by atoms with E-state index < -0.39 is 0 Å². The molecule has 5 rings (SSSR count). The molecule has 3 saturated heterocycles. The van der Waals surface area contributed by atoms with E-state index in [-0.39, 0.29) is 0 Å². The maximum atomic E-state index is 6.22. The van der Waals surface area contributed by atoms with Crippen LogP contribution in [0.15, 0.2) is 18.2 Å². The van der Waals surface area contributed by atoms with Crippen molar-refractivity contribution in [2.75, 3.05) is 59.7 Å². The number of piperidine rings is 1. The van der Waals surface area contributed by atoms with Crippen LogP contribution in [0.3, 0.4) is 0 Å². The first kappa shape index (κ1) is 23.8. The van der Waals surface area contributed by atoms with Gasteiger partial charge in [-0.15, -0.1) is 0 Å². The molecule has 34 heavy (non-hydrogen) atoms. The van der Waals surface area contributed by atoms with E-state index in [0.717, 1.165) is 62.7 Å². The van der Waals surface area contributed by atoms with Crippen LogP contribution in [0.5, 0.6) is 11.5 Å². The molecule has 3 fully saturated rings. The van der Waals surface area contributed by atoms with Gasteiger partial charge in [-0.05, 0) is 94.7 Å². The van der Waals surface area contributed by atoms with Crippen molar-refractivity contribution >= 4 is 10.9 Å². The molecule has 1 aromatic heterocycles. The van der Waals surface area contributed by atoms with Crippen LogP contribution in [0.25, 0.3) is 10.9 Å². The van der Waals surface area contributed by atoms with Crippen LogP contribution in [-0.4, -0.2) is 80.5 Å². The average Bonchev–Trinajstić information content (AvgIpc) is 3.60. The van der Waals surface area contributed by atoms with Crippen molar-refractivity contribution in [1.29, 1.82) is 0 Å². The Bertz CT molecular complexity index is 946. The zero-order valence-corrected chi connectivity index (χ0v) is 21.1. The van der Waals surface area contributed by atoms with Gasteiger partial charge in [0, 0.05) is 36.3 Å². The summed E-state index contributed by atoms with van der Waals surface area (Å²) in [5, 5.41) is 1.22. The molecule has 4 heterocycles. The molecular weight excluding hydrogens is 426 g/mol. The molecule has 0 aliphatic carbocycles. The van der Waals surface area contributed by atoms with Crippen LogP contribution >= 0.6 is 0 Å². The molecule has 2 aromatic rings. The molecule has 0 spiro atoms. The fourth-order valence-corrected chi connectivity index (χ4v) is 5.97. The molecule has 0 bridgehead atoms. The Balaban J connectivity index is 1.32. The lowest BCUT2D eigenvalue weighted by Crippen LogP contribution is -2.41. The number of methoxy groups -OCH3 is 1. The van der Waals surface area contributed by atoms with Gasteiger partial charge in [0.2, 0.25) is 0 Å². The smallest absolute Gasteiger partial charge is 0.163 e. The first-order valence-corrected chi connectivity index (χ1v) is 13.4. The number of aromatic nitrogens is 1. The molecule has 3 aliphatic rings. The van der Waals surface area contributed by atoms with E-state index in [2.05, 4.69) is 34.9 Å². The van der Waals surface area contributed by atoms with Gasteiger partial charge in [-0.2, -0.15) is 0 Å². The molecule has 1 unspecified atom stereocenters. The van der Waals surface area contributed by atoms with Gasteiger partial charge in [0.05, 0.1) is 25.8 Å². The summed E-state index contributed by atoms with van der Waals surface area (Å²) in [7, 11) is 1.74. The van der Waals surface area contributed by atoms with Gasteiger partial charge >= 0.3 is 0 Å². The predicted octanol–water partition coefficient (Wildman–Crippen LogP) is 4.64. The van der Waals surface area contributed by atoms with Crippen molar-refractivity contribution in [1.82, 2.24) is 14.8 Å². The van der Waals surface area contributed by atoms with Gasteiger partial charge in [-0.3, -0.25) is 9.88 Å². The van der Waals surface area contributed by atoms with Gasteiger partial charge < -0.3 is 19.1 Å². The topological polar surface area (TPSA) is 47.1 Å². The molecule has 0 saturated carbocycles. The lowest BCUT2D eigenvalue weighted by Gasteiger charge is -2.36. The number of fused-ring (bicyclic) bond motifs is 1. The number of ether oxygens (including phenoxy) is 3. The first-order chi connectivity index (χ1) is 16.7. The van der Waals surface area contributed by atoms with Crippen molar-refractivity contribution in [2.24, 2.45) is 0 Å². The fraction of sp³-hybridized carbons (Fsp3) is 0.679. The van der Waals surface area contributed by atoms with Gasteiger partial charge in [-0.1, -0.05) is 6.92 Å². The monoisotopic (exact) mass is 467 g/mol. The molecular formula is C28H41N3O3. The van der Waals surface area contributed by atoms with E-state index in [1.165, 1.54) is 61.8 Å². The predicted molar refractivity (Wildman–Crippen MR) is 136 cm³/mol. The fourth-order valence-electron chi connectivity index (χ4n) is 5.97. The maximum absolute atomic E-state index is 6.22. The molecule has 0 amide bonds. The summed E-state index contributed by atoms with van der Waals surface area (Å²) in [5.41, 5.74) is 3.64. The third-order valence-corrected chi connectivity index (χ3v) is 8.01. The second-order valence-electron chi connectivity index (χ2n) is 10.2. The lowest BCUT2D eigenvalue weighted by molar-refractivity contribution is 0.122. The summed E-state index contributed by atoms with van der Waals surface area (Å²) < 4.78 is 17.6. The Morgan fingerprint density at radius 2 is 1.85 bits per heavy atom. The van der Waals surface area contributed by atoms with Crippen LogP contribution in [0, 0.1) is 0 Å². The summed E-state index contributed by atoms with van der Waals surface area (Å²) in [5.74, 6) is 2.20. The minimum atomic E-state index is 0.561. The summed E-state index contributed by atoms with van der Waals surface area (Å²) in [6.07, 6.45) is 8.22. The van der Waals surface area contributed by atoms with Crippen LogP contribution in [0.1, 0.15) is 62.6 Å². The molecule has 3 aliphatic heterocycles. The summed E-state index contributed by atoms with van der Waals surface area (Å²) in [4.78, 5) is 10.2. The number of nitrogens with zero attached hydrogens (tertiary/aromatic N) is 3. The summed E-state index contributed by atoms with van der Waals surface area (Å²) in [6.45, 7) is 10.6. The van der Waals surface area contributed by atoms with E-state index in [1.54, 1.807) is 7.11 Å². The normalized spacial score (nSPS) is 22.6. The molecule has 1 atom stereocenters. The van der Waals surface area contributed by atoms with E-state index in [4.69, 9.17) is 19.2 Å². The van der Waals surface area contributed by atoms with E-state index in [0.29, 0.717) is 18.6 Å². The standard InChI is InChI=1S/C28H41N3O3/c1-3-22-17-24(21-7-13-31(14-8-21)23-9-16-33-20-23)25-18-27(32-2)28(19-26(25)29-22)34-15-6-12-30-10-4-5-11-30/h17-19,21,23H,3-16,20H2,1-2H3. The van der Waals surface area contributed by atoms with Crippen LogP contribution in [0.2, 0.25) is 0 Å². The average molecular weight is 468 g/mol. The molecule has 0 N–H and O–H groups in total. The molecule has 0 radical (unpaired) electrons. The molecule has 1 aromatic carbocycles. The van der Waals surface area contributed by atoms with Crippen molar-refractivity contribution < 1.29 is 14.2 Å². The Kier molecular flexibility index (Phi) is 7.87. The van der Waals surface area contributed by atoms with Gasteiger partial charge in [0.25, 0.3) is 0 Å². The third kappa shape index (κ3) is 5.34. The summed E-state index contributed by atoms with van der Waals surface area (Å²) >= 11 is 0. The van der Waals surface area contributed by atoms with Gasteiger partial charge in [-0.25, -0.2) is 0 Å².